The summed E-state index contributed by atoms with van der Waals surface area (Å²) in [4.78, 5) is 22.6. The number of para-hydroxylation sites is 1. The first-order valence-electron chi connectivity index (χ1n) is 6.20. The summed E-state index contributed by atoms with van der Waals surface area (Å²) in [6.45, 7) is 0.389. The van der Waals surface area contributed by atoms with Gasteiger partial charge in [0, 0.05) is 5.56 Å². The second kappa shape index (κ2) is 7.09. The Bertz CT molecular complexity index is 578. The Morgan fingerprint density at radius 1 is 0.950 bits per heavy atom. The average molecular weight is 270 g/mol. The summed E-state index contributed by atoms with van der Waals surface area (Å²) in [5, 5.41) is 0. The summed E-state index contributed by atoms with van der Waals surface area (Å²) in [5.74, 6) is 0.196. The number of carbonyl (C=O) groups excluding carboxylic acids is 2. The van der Waals surface area contributed by atoms with Crippen molar-refractivity contribution in [3.05, 3.63) is 65.7 Å². The van der Waals surface area contributed by atoms with Crippen molar-refractivity contribution in [2.24, 2.45) is 0 Å². The lowest BCUT2D eigenvalue weighted by Gasteiger charge is -2.08. The summed E-state index contributed by atoms with van der Waals surface area (Å²) >= 11 is 0. The molecule has 0 saturated heterocycles. The van der Waals surface area contributed by atoms with Gasteiger partial charge in [0.15, 0.2) is 6.29 Å². The molecule has 4 heteroatoms. The van der Waals surface area contributed by atoms with Crippen LogP contribution in [0.25, 0.3) is 0 Å². The Balaban J connectivity index is 1.82. The second-order valence-electron chi connectivity index (χ2n) is 4.00. The molecule has 0 heterocycles. The van der Waals surface area contributed by atoms with E-state index < -0.39 is 5.97 Å². The molecule has 102 valence electrons. The third kappa shape index (κ3) is 3.68. The van der Waals surface area contributed by atoms with Gasteiger partial charge in [0.25, 0.3) is 0 Å². The molecule has 0 radical (unpaired) electrons. The lowest BCUT2D eigenvalue weighted by molar-refractivity contribution is 0.0448. The van der Waals surface area contributed by atoms with Gasteiger partial charge in [0.05, 0.1) is 5.56 Å². The van der Waals surface area contributed by atoms with Crippen LogP contribution in [-0.4, -0.2) is 25.5 Å². The molecule has 0 aliphatic rings. The Morgan fingerprint density at radius 2 is 1.65 bits per heavy atom. The largest absolute Gasteiger partial charge is 0.490 e. The molecule has 0 saturated carbocycles. The SMILES string of the molecule is O=Cc1ccccc1C(=O)OCCOc1ccccc1. The highest BCUT2D eigenvalue weighted by molar-refractivity contribution is 5.98. The minimum atomic E-state index is -0.524. The van der Waals surface area contributed by atoms with Crippen molar-refractivity contribution in [2.45, 2.75) is 0 Å². The highest BCUT2D eigenvalue weighted by Gasteiger charge is 2.11. The smallest absolute Gasteiger partial charge is 0.338 e. The molecule has 4 nitrogen and oxygen atoms in total. The van der Waals surface area contributed by atoms with E-state index in [0.29, 0.717) is 11.8 Å². The Hall–Kier alpha value is -2.62. The van der Waals surface area contributed by atoms with E-state index in [-0.39, 0.29) is 18.8 Å². The zero-order valence-electron chi connectivity index (χ0n) is 10.8. The van der Waals surface area contributed by atoms with E-state index in [0.717, 1.165) is 5.75 Å². The summed E-state index contributed by atoms with van der Waals surface area (Å²) < 4.78 is 10.5. The quantitative estimate of drug-likeness (QED) is 0.460. The van der Waals surface area contributed by atoms with Crippen LogP contribution in [-0.2, 0) is 4.74 Å². The van der Waals surface area contributed by atoms with Gasteiger partial charge in [0.2, 0.25) is 0 Å². The molecule has 0 atom stereocenters. The van der Waals surface area contributed by atoms with E-state index in [1.165, 1.54) is 0 Å². The fraction of sp³-hybridized carbons (Fsp3) is 0.125. The predicted molar refractivity (Wildman–Crippen MR) is 74.0 cm³/mol. The van der Waals surface area contributed by atoms with Gasteiger partial charge in [0.1, 0.15) is 19.0 Å². The van der Waals surface area contributed by atoms with E-state index in [4.69, 9.17) is 9.47 Å². The first-order chi connectivity index (χ1) is 9.81. The molecule has 20 heavy (non-hydrogen) atoms. The van der Waals surface area contributed by atoms with Crippen LogP contribution in [0.5, 0.6) is 5.75 Å². The van der Waals surface area contributed by atoms with Crippen LogP contribution in [0.15, 0.2) is 54.6 Å². The van der Waals surface area contributed by atoms with Gasteiger partial charge in [-0.15, -0.1) is 0 Å². The molecule has 0 aliphatic heterocycles. The molecule has 0 aromatic heterocycles. The summed E-state index contributed by atoms with van der Waals surface area (Å²) in [7, 11) is 0. The normalized spacial score (nSPS) is 9.80. The maximum absolute atomic E-state index is 11.8. The van der Waals surface area contributed by atoms with Crippen molar-refractivity contribution in [1.82, 2.24) is 0 Å². The van der Waals surface area contributed by atoms with Crippen molar-refractivity contribution in [1.29, 1.82) is 0 Å². The van der Waals surface area contributed by atoms with Crippen molar-refractivity contribution < 1.29 is 19.1 Å². The topological polar surface area (TPSA) is 52.6 Å². The average Bonchev–Trinajstić information content (AvgIpc) is 2.52. The predicted octanol–water partition coefficient (Wildman–Crippen LogP) is 2.73. The lowest BCUT2D eigenvalue weighted by atomic mass is 10.1. The molecule has 2 aromatic carbocycles. The van der Waals surface area contributed by atoms with E-state index >= 15 is 0 Å². The van der Waals surface area contributed by atoms with Crippen LogP contribution in [0.4, 0.5) is 0 Å². The van der Waals surface area contributed by atoms with E-state index in [2.05, 4.69) is 0 Å². The van der Waals surface area contributed by atoms with Gasteiger partial charge in [-0.25, -0.2) is 4.79 Å². The van der Waals surface area contributed by atoms with Crippen molar-refractivity contribution in [3.63, 3.8) is 0 Å². The lowest BCUT2D eigenvalue weighted by Crippen LogP contribution is -2.13. The van der Waals surface area contributed by atoms with Gasteiger partial charge in [-0.2, -0.15) is 0 Å². The van der Waals surface area contributed by atoms with Crippen molar-refractivity contribution in [2.75, 3.05) is 13.2 Å². The Morgan fingerprint density at radius 3 is 2.40 bits per heavy atom. The zero-order chi connectivity index (χ0) is 14.2. The second-order valence-corrected chi connectivity index (χ2v) is 4.00. The van der Waals surface area contributed by atoms with Crippen LogP contribution in [0.1, 0.15) is 20.7 Å². The van der Waals surface area contributed by atoms with Gasteiger partial charge in [-0.3, -0.25) is 4.79 Å². The fourth-order valence-corrected chi connectivity index (χ4v) is 1.67. The molecule has 0 unspecified atom stereocenters. The molecule has 2 rings (SSSR count). The maximum atomic E-state index is 11.8. The first kappa shape index (κ1) is 13.8. The monoisotopic (exact) mass is 270 g/mol. The zero-order valence-corrected chi connectivity index (χ0v) is 10.8. The number of aldehydes is 1. The van der Waals surface area contributed by atoms with Crippen LogP contribution in [0, 0.1) is 0 Å². The van der Waals surface area contributed by atoms with Crippen LogP contribution in [0.3, 0.4) is 0 Å². The molecule has 0 N–H and O–H groups in total. The van der Waals surface area contributed by atoms with Crippen LogP contribution in [0.2, 0.25) is 0 Å². The van der Waals surface area contributed by atoms with Gasteiger partial charge in [-0.1, -0.05) is 36.4 Å². The minimum Gasteiger partial charge on any atom is -0.490 e. The highest BCUT2D eigenvalue weighted by Crippen LogP contribution is 2.09. The molecular weight excluding hydrogens is 256 g/mol. The molecule has 0 bridgehead atoms. The fourth-order valence-electron chi connectivity index (χ4n) is 1.67. The summed E-state index contributed by atoms with van der Waals surface area (Å²) in [5.41, 5.74) is 0.587. The van der Waals surface area contributed by atoms with Gasteiger partial charge >= 0.3 is 5.97 Å². The number of hydrogen-bond acceptors (Lipinski definition) is 4. The van der Waals surface area contributed by atoms with Crippen LogP contribution >= 0.6 is 0 Å². The number of carbonyl (C=O) groups is 2. The van der Waals surface area contributed by atoms with Gasteiger partial charge < -0.3 is 9.47 Å². The van der Waals surface area contributed by atoms with E-state index in [9.17, 15) is 9.59 Å². The van der Waals surface area contributed by atoms with E-state index in [1.807, 2.05) is 30.3 Å². The van der Waals surface area contributed by atoms with Crippen LogP contribution < -0.4 is 4.74 Å². The molecular formula is C16H14O4. The first-order valence-corrected chi connectivity index (χ1v) is 6.20. The molecule has 0 aliphatic carbocycles. The number of benzene rings is 2. The third-order valence-electron chi connectivity index (χ3n) is 2.64. The van der Waals surface area contributed by atoms with Crippen molar-refractivity contribution >= 4 is 12.3 Å². The molecule has 0 spiro atoms. The standard InChI is InChI=1S/C16H14O4/c17-12-13-6-4-5-9-15(13)16(18)20-11-10-19-14-7-2-1-3-8-14/h1-9,12H,10-11H2. The minimum absolute atomic E-state index is 0.126. The number of hydrogen-bond donors (Lipinski definition) is 0. The Kier molecular flexibility index (Phi) is 4.89. The maximum Gasteiger partial charge on any atom is 0.338 e. The number of esters is 1. The third-order valence-corrected chi connectivity index (χ3v) is 2.64. The Labute approximate surface area is 116 Å². The van der Waals surface area contributed by atoms with Gasteiger partial charge in [-0.05, 0) is 18.2 Å². The molecule has 0 amide bonds. The van der Waals surface area contributed by atoms with E-state index in [1.54, 1.807) is 24.3 Å². The molecule has 2 aromatic rings. The number of ether oxygens (including phenoxy) is 2. The van der Waals surface area contributed by atoms with Crippen molar-refractivity contribution in [3.8, 4) is 5.75 Å². The summed E-state index contributed by atoms with van der Waals surface area (Å²) in [6, 6.07) is 15.8. The molecule has 0 fully saturated rings. The summed E-state index contributed by atoms with van der Waals surface area (Å²) in [6.07, 6.45) is 0.636. The number of rotatable bonds is 6. The highest BCUT2D eigenvalue weighted by atomic mass is 16.6.